The highest BCUT2D eigenvalue weighted by Crippen LogP contribution is 2.20. The molecule has 0 aliphatic heterocycles. The van der Waals surface area contributed by atoms with Gasteiger partial charge < -0.3 is 10.1 Å². The summed E-state index contributed by atoms with van der Waals surface area (Å²) in [5, 5.41) is 3.54. The molecule has 0 radical (unpaired) electrons. The molecule has 2 heteroatoms. The molecular formula is C16H27NO. The van der Waals surface area contributed by atoms with Crippen molar-refractivity contribution in [2.45, 2.75) is 47.1 Å². The van der Waals surface area contributed by atoms with E-state index in [9.17, 15) is 0 Å². The number of ether oxygens (including phenoxy) is 1. The maximum Gasteiger partial charge on any atom is 0.121 e. The van der Waals surface area contributed by atoms with Crippen LogP contribution in [0, 0.1) is 11.8 Å². The number of benzene rings is 1. The Hall–Kier alpha value is -1.18. The summed E-state index contributed by atoms with van der Waals surface area (Å²) in [5.41, 5.74) is 1.14. The van der Waals surface area contributed by atoms with Crippen molar-refractivity contribution in [3.63, 3.8) is 0 Å². The number of nitrogens with one attached hydrogen (secondary N) is 1. The molecule has 0 heterocycles. The minimum atomic E-state index is 0.482. The average Bonchev–Trinajstić information content (AvgIpc) is 2.35. The topological polar surface area (TPSA) is 21.3 Å². The van der Waals surface area contributed by atoms with Gasteiger partial charge in [-0.3, -0.25) is 0 Å². The quantitative estimate of drug-likeness (QED) is 0.764. The third-order valence-corrected chi connectivity index (χ3v) is 3.31. The van der Waals surface area contributed by atoms with Crippen LogP contribution in [0.2, 0.25) is 0 Å². The van der Waals surface area contributed by atoms with E-state index in [1.807, 2.05) is 12.1 Å². The fourth-order valence-electron chi connectivity index (χ4n) is 1.70. The van der Waals surface area contributed by atoms with Crippen LogP contribution in [0.4, 0.5) is 5.69 Å². The minimum absolute atomic E-state index is 0.482. The lowest BCUT2D eigenvalue weighted by atomic mass is 10.0. The van der Waals surface area contributed by atoms with Gasteiger partial charge in [0.1, 0.15) is 5.75 Å². The Labute approximate surface area is 112 Å². The Balaban J connectivity index is 2.59. The molecule has 0 saturated carbocycles. The van der Waals surface area contributed by atoms with Gasteiger partial charge in [-0.15, -0.1) is 0 Å². The van der Waals surface area contributed by atoms with Crippen LogP contribution < -0.4 is 10.1 Å². The van der Waals surface area contributed by atoms with Crippen molar-refractivity contribution >= 4 is 5.69 Å². The van der Waals surface area contributed by atoms with Gasteiger partial charge in [-0.25, -0.2) is 0 Å². The number of rotatable bonds is 7. The fourth-order valence-corrected chi connectivity index (χ4v) is 1.70. The van der Waals surface area contributed by atoms with E-state index in [0.29, 0.717) is 17.9 Å². The zero-order valence-corrected chi connectivity index (χ0v) is 12.4. The molecule has 0 bridgehead atoms. The van der Waals surface area contributed by atoms with Crippen molar-refractivity contribution in [1.29, 1.82) is 0 Å². The molecule has 0 fully saturated rings. The molecule has 0 aliphatic rings. The number of hydrogen-bond donors (Lipinski definition) is 1. The van der Waals surface area contributed by atoms with E-state index in [1.54, 1.807) is 0 Å². The smallest absolute Gasteiger partial charge is 0.121 e. The van der Waals surface area contributed by atoms with Crippen LogP contribution in [0.25, 0.3) is 0 Å². The Morgan fingerprint density at radius 1 is 1.17 bits per heavy atom. The van der Waals surface area contributed by atoms with E-state index in [4.69, 9.17) is 4.74 Å². The Morgan fingerprint density at radius 2 is 1.89 bits per heavy atom. The molecule has 2 unspecified atom stereocenters. The van der Waals surface area contributed by atoms with Crippen molar-refractivity contribution in [1.82, 2.24) is 0 Å². The second-order valence-electron chi connectivity index (χ2n) is 5.55. The van der Waals surface area contributed by atoms with Crippen LogP contribution >= 0.6 is 0 Å². The first-order valence-electron chi connectivity index (χ1n) is 7.02. The first-order chi connectivity index (χ1) is 8.52. The Bertz CT molecular complexity index is 349. The minimum Gasteiger partial charge on any atom is -0.493 e. The molecule has 0 spiro atoms. The lowest BCUT2D eigenvalue weighted by molar-refractivity contribution is 0.271. The molecule has 0 amide bonds. The summed E-state index contributed by atoms with van der Waals surface area (Å²) in [6.45, 7) is 11.8. The molecule has 2 nitrogen and oxygen atoms in total. The van der Waals surface area contributed by atoms with E-state index >= 15 is 0 Å². The Kier molecular flexibility index (Phi) is 6.03. The van der Waals surface area contributed by atoms with Crippen molar-refractivity contribution in [3.8, 4) is 5.75 Å². The van der Waals surface area contributed by atoms with Gasteiger partial charge >= 0.3 is 0 Å². The first-order valence-corrected chi connectivity index (χ1v) is 7.02. The van der Waals surface area contributed by atoms with Crippen molar-refractivity contribution < 1.29 is 4.74 Å². The lowest BCUT2D eigenvalue weighted by Gasteiger charge is -2.21. The van der Waals surface area contributed by atoms with E-state index in [1.165, 1.54) is 6.42 Å². The summed E-state index contributed by atoms with van der Waals surface area (Å²) >= 11 is 0. The van der Waals surface area contributed by atoms with Crippen molar-refractivity contribution in [2.75, 3.05) is 11.9 Å². The number of anilines is 1. The zero-order chi connectivity index (χ0) is 13.5. The van der Waals surface area contributed by atoms with Crippen LogP contribution in [0.5, 0.6) is 5.75 Å². The van der Waals surface area contributed by atoms with Gasteiger partial charge in [-0.2, -0.15) is 0 Å². The van der Waals surface area contributed by atoms with Crippen LogP contribution in [0.1, 0.15) is 41.0 Å². The molecule has 1 aromatic rings. The predicted molar refractivity (Wildman–Crippen MR) is 79.3 cm³/mol. The molecule has 18 heavy (non-hydrogen) atoms. The molecule has 102 valence electrons. The molecular weight excluding hydrogens is 222 g/mol. The van der Waals surface area contributed by atoms with Crippen molar-refractivity contribution in [3.05, 3.63) is 24.3 Å². The van der Waals surface area contributed by atoms with E-state index in [2.05, 4.69) is 52.1 Å². The number of hydrogen-bond acceptors (Lipinski definition) is 2. The highest BCUT2D eigenvalue weighted by Gasteiger charge is 2.09. The fraction of sp³-hybridized carbons (Fsp3) is 0.625. The van der Waals surface area contributed by atoms with Crippen LogP contribution in [0.3, 0.4) is 0 Å². The lowest BCUT2D eigenvalue weighted by Crippen LogP contribution is -2.23. The maximum atomic E-state index is 5.74. The summed E-state index contributed by atoms with van der Waals surface area (Å²) in [4.78, 5) is 0. The maximum absolute atomic E-state index is 5.74. The summed E-state index contributed by atoms with van der Waals surface area (Å²) in [6, 6.07) is 8.72. The second-order valence-corrected chi connectivity index (χ2v) is 5.55. The van der Waals surface area contributed by atoms with Crippen molar-refractivity contribution in [2.24, 2.45) is 11.8 Å². The van der Waals surface area contributed by atoms with Gasteiger partial charge in [-0.05, 0) is 30.9 Å². The largest absolute Gasteiger partial charge is 0.493 e. The highest BCUT2D eigenvalue weighted by atomic mass is 16.5. The van der Waals surface area contributed by atoms with E-state index in [0.717, 1.165) is 18.0 Å². The molecule has 1 N–H and O–H groups in total. The molecule has 0 aliphatic carbocycles. The van der Waals surface area contributed by atoms with Gasteiger partial charge in [0.2, 0.25) is 0 Å². The third-order valence-electron chi connectivity index (χ3n) is 3.31. The van der Waals surface area contributed by atoms with Gasteiger partial charge in [0, 0.05) is 17.8 Å². The highest BCUT2D eigenvalue weighted by molar-refractivity contribution is 5.48. The molecule has 2 atom stereocenters. The zero-order valence-electron chi connectivity index (χ0n) is 12.4. The summed E-state index contributed by atoms with van der Waals surface area (Å²) in [5.74, 6) is 2.18. The van der Waals surface area contributed by atoms with Gasteiger partial charge in [0.05, 0.1) is 6.61 Å². The van der Waals surface area contributed by atoms with Crippen LogP contribution in [-0.4, -0.2) is 12.6 Å². The Morgan fingerprint density at radius 3 is 2.50 bits per heavy atom. The normalized spacial score (nSPS) is 14.3. The predicted octanol–water partition coefficient (Wildman–Crippen LogP) is 4.57. The van der Waals surface area contributed by atoms with Gasteiger partial charge in [0.25, 0.3) is 0 Å². The molecule has 1 aromatic carbocycles. The van der Waals surface area contributed by atoms with Gasteiger partial charge in [-0.1, -0.05) is 40.2 Å². The monoisotopic (exact) mass is 249 g/mol. The summed E-state index contributed by atoms with van der Waals surface area (Å²) in [7, 11) is 0. The van der Waals surface area contributed by atoms with Crippen LogP contribution in [-0.2, 0) is 0 Å². The SMILES string of the molecule is CCC(C)C(C)Nc1cccc(OCC(C)C)c1. The molecule has 0 aromatic heterocycles. The average molecular weight is 249 g/mol. The standard InChI is InChI=1S/C16H27NO/c1-6-13(4)14(5)17-15-8-7-9-16(10-15)18-11-12(2)3/h7-10,12-14,17H,6,11H2,1-5H3. The third kappa shape index (κ3) is 4.99. The van der Waals surface area contributed by atoms with E-state index < -0.39 is 0 Å². The first kappa shape index (κ1) is 14.9. The van der Waals surface area contributed by atoms with Crippen LogP contribution in [0.15, 0.2) is 24.3 Å². The molecule has 1 rings (SSSR count). The summed E-state index contributed by atoms with van der Waals surface area (Å²) in [6.07, 6.45) is 1.19. The molecule has 0 saturated heterocycles. The van der Waals surface area contributed by atoms with Gasteiger partial charge in [0.15, 0.2) is 0 Å². The second kappa shape index (κ2) is 7.30. The van der Waals surface area contributed by atoms with E-state index in [-0.39, 0.29) is 0 Å². The summed E-state index contributed by atoms with van der Waals surface area (Å²) < 4.78 is 5.74.